The van der Waals surface area contributed by atoms with E-state index in [9.17, 15) is 4.79 Å². The van der Waals surface area contributed by atoms with Crippen LogP contribution in [0.4, 0.5) is 5.69 Å². The molecule has 1 heterocycles. The number of carbonyl (C=O) groups excluding carboxylic acids is 1. The van der Waals surface area contributed by atoms with Crippen LogP contribution < -0.4 is 10.5 Å². The average Bonchev–Trinajstić information content (AvgIpc) is 3.29. The second-order valence-electron chi connectivity index (χ2n) is 12.1. The van der Waals surface area contributed by atoms with Crippen LogP contribution in [0.5, 0.6) is 5.75 Å². The summed E-state index contributed by atoms with van der Waals surface area (Å²) >= 11 is 0. The zero-order chi connectivity index (χ0) is 26.0. The SMILES string of the molecule is CCC(CC)CCCC1N(Cc2cccc(N)c2)CCC23CCCC12CCc1ccc(OC(C)=O)cc13. The second kappa shape index (κ2) is 10.8. The Labute approximate surface area is 224 Å². The molecule has 1 aliphatic heterocycles. The summed E-state index contributed by atoms with van der Waals surface area (Å²) in [6.07, 6.45) is 14.0. The molecule has 2 aromatic rings. The van der Waals surface area contributed by atoms with E-state index in [1.54, 1.807) is 0 Å². The molecule has 1 saturated carbocycles. The lowest BCUT2D eigenvalue weighted by Gasteiger charge is -2.61. The minimum atomic E-state index is -0.234. The molecule has 3 atom stereocenters. The van der Waals surface area contributed by atoms with Gasteiger partial charge < -0.3 is 10.5 Å². The summed E-state index contributed by atoms with van der Waals surface area (Å²) < 4.78 is 5.60. The maximum absolute atomic E-state index is 11.8. The number of nitrogens with zero attached hydrogens (tertiary/aromatic N) is 1. The highest BCUT2D eigenvalue weighted by molar-refractivity contribution is 5.69. The quantitative estimate of drug-likeness (QED) is 0.220. The van der Waals surface area contributed by atoms with Crippen molar-refractivity contribution in [1.29, 1.82) is 0 Å². The van der Waals surface area contributed by atoms with Gasteiger partial charge in [0.15, 0.2) is 0 Å². The first-order valence-electron chi connectivity index (χ1n) is 14.8. The minimum Gasteiger partial charge on any atom is -0.427 e. The molecule has 37 heavy (non-hydrogen) atoms. The molecule has 200 valence electrons. The van der Waals surface area contributed by atoms with Gasteiger partial charge in [0.1, 0.15) is 5.75 Å². The van der Waals surface area contributed by atoms with Crippen molar-refractivity contribution in [1.82, 2.24) is 4.90 Å². The van der Waals surface area contributed by atoms with Gasteiger partial charge in [-0.25, -0.2) is 0 Å². The average molecular weight is 503 g/mol. The van der Waals surface area contributed by atoms with Crippen molar-refractivity contribution in [2.24, 2.45) is 11.3 Å². The lowest BCUT2D eigenvalue weighted by atomic mass is 9.49. The maximum atomic E-state index is 11.8. The van der Waals surface area contributed by atoms with E-state index in [4.69, 9.17) is 10.5 Å². The summed E-state index contributed by atoms with van der Waals surface area (Å²) in [5, 5.41) is 0. The molecule has 3 aliphatic rings. The predicted molar refractivity (Wildman–Crippen MR) is 152 cm³/mol. The molecule has 0 aromatic heterocycles. The molecule has 4 heteroatoms. The Morgan fingerprint density at radius 1 is 1.11 bits per heavy atom. The molecule has 0 bridgehead atoms. The number of hydrogen-bond acceptors (Lipinski definition) is 4. The molecule has 2 aromatic carbocycles. The molecule has 3 unspecified atom stereocenters. The van der Waals surface area contributed by atoms with Gasteiger partial charge in [0, 0.05) is 30.6 Å². The number of ether oxygens (including phenoxy) is 1. The van der Waals surface area contributed by atoms with Gasteiger partial charge >= 0.3 is 5.97 Å². The van der Waals surface area contributed by atoms with Crippen LogP contribution in [0.2, 0.25) is 0 Å². The first-order chi connectivity index (χ1) is 17.9. The van der Waals surface area contributed by atoms with E-state index in [2.05, 4.69) is 49.1 Å². The highest BCUT2D eigenvalue weighted by atomic mass is 16.5. The van der Waals surface area contributed by atoms with Crippen molar-refractivity contribution >= 4 is 11.7 Å². The molecular weight excluding hydrogens is 456 g/mol. The Balaban J connectivity index is 1.51. The smallest absolute Gasteiger partial charge is 0.308 e. The highest BCUT2D eigenvalue weighted by Crippen LogP contribution is 2.67. The van der Waals surface area contributed by atoms with Crippen LogP contribution >= 0.6 is 0 Å². The van der Waals surface area contributed by atoms with Gasteiger partial charge in [-0.05, 0) is 97.4 Å². The summed E-state index contributed by atoms with van der Waals surface area (Å²) in [5.41, 5.74) is 11.8. The summed E-state index contributed by atoms with van der Waals surface area (Å²) in [6.45, 7) is 8.30. The molecule has 5 rings (SSSR count). The van der Waals surface area contributed by atoms with Crippen LogP contribution in [-0.4, -0.2) is 23.5 Å². The van der Waals surface area contributed by atoms with Crippen molar-refractivity contribution in [2.45, 2.75) is 109 Å². The molecule has 0 spiro atoms. The Bertz CT molecular complexity index is 1110. The van der Waals surface area contributed by atoms with Crippen molar-refractivity contribution in [2.75, 3.05) is 12.3 Å². The van der Waals surface area contributed by atoms with Gasteiger partial charge in [-0.3, -0.25) is 9.69 Å². The topological polar surface area (TPSA) is 55.6 Å². The van der Waals surface area contributed by atoms with Gasteiger partial charge in [0.2, 0.25) is 0 Å². The number of nitrogens with two attached hydrogens (primary N) is 1. The number of anilines is 1. The molecule has 0 amide bonds. The maximum Gasteiger partial charge on any atom is 0.308 e. The normalized spacial score (nSPS) is 27.0. The van der Waals surface area contributed by atoms with Crippen LogP contribution in [0, 0.1) is 11.3 Å². The number of likely N-dealkylation sites (tertiary alicyclic amines) is 1. The van der Waals surface area contributed by atoms with Gasteiger partial charge in [-0.15, -0.1) is 0 Å². The second-order valence-corrected chi connectivity index (χ2v) is 12.1. The fourth-order valence-electron chi connectivity index (χ4n) is 8.64. The number of esters is 1. The summed E-state index contributed by atoms with van der Waals surface area (Å²) in [4.78, 5) is 14.6. The zero-order valence-corrected chi connectivity index (χ0v) is 23.2. The first-order valence-corrected chi connectivity index (χ1v) is 14.8. The number of piperidine rings is 1. The number of nitrogen functional groups attached to an aromatic ring is 1. The lowest BCUT2D eigenvalue weighted by molar-refractivity contribution is -0.131. The van der Waals surface area contributed by atoms with Crippen LogP contribution in [0.25, 0.3) is 0 Å². The predicted octanol–water partition coefficient (Wildman–Crippen LogP) is 7.43. The van der Waals surface area contributed by atoms with E-state index in [-0.39, 0.29) is 11.4 Å². The number of carbonyl (C=O) groups is 1. The molecule has 4 nitrogen and oxygen atoms in total. The van der Waals surface area contributed by atoms with Crippen LogP contribution in [0.3, 0.4) is 0 Å². The van der Waals surface area contributed by atoms with E-state index >= 15 is 0 Å². The van der Waals surface area contributed by atoms with Crippen LogP contribution in [-0.2, 0) is 23.2 Å². The standard InChI is InChI=1S/C33H46N2O2/c1-4-25(5-2)9-7-12-31-33-17-8-16-32(33,19-20-35(31)23-26-10-6-11-28(34)21-26)30-22-29(37-24(3)36)14-13-27(30)15-18-33/h6,10-11,13-14,21-22,25,31H,4-5,7-9,12,15-20,23,34H2,1-3H3. The van der Waals surface area contributed by atoms with Gasteiger partial charge in [-0.2, -0.15) is 0 Å². The monoisotopic (exact) mass is 502 g/mol. The molecular formula is C33H46N2O2. The van der Waals surface area contributed by atoms with Crippen LogP contribution in [0.15, 0.2) is 42.5 Å². The third kappa shape index (κ3) is 4.82. The molecule has 1 saturated heterocycles. The van der Waals surface area contributed by atoms with E-state index in [1.807, 2.05) is 12.1 Å². The van der Waals surface area contributed by atoms with Crippen molar-refractivity contribution in [3.05, 3.63) is 59.2 Å². The van der Waals surface area contributed by atoms with Crippen LogP contribution in [0.1, 0.15) is 102 Å². The fourth-order valence-corrected chi connectivity index (χ4v) is 8.64. The third-order valence-electron chi connectivity index (χ3n) is 10.4. The van der Waals surface area contributed by atoms with Crippen molar-refractivity contribution in [3.63, 3.8) is 0 Å². The van der Waals surface area contributed by atoms with Gasteiger partial charge in [-0.1, -0.05) is 64.2 Å². The highest BCUT2D eigenvalue weighted by Gasteiger charge is 2.63. The Morgan fingerprint density at radius 2 is 1.95 bits per heavy atom. The van der Waals surface area contributed by atoms with E-state index in [0.29, 0.717) is 11.5 Å². The summed E-state index contributed by atoms with van der Waals surface area (Å²) in [5.74, 6) is 1.33. The van der Waals surface area contributed by atoms with E-state index < -0.39 is 0 Å². The summed E-state index contributed by atoms with van der Waals surface area (Å²) in [7, 11) is 0. The number of aryl methyl sites for hydroxylation is 1. The summed E-state index contributed by atoms with van der Waals surface area (Å²) in [6, 6.07) is 15.6. The van der Waals surface area contributed by atoms with E-state index in [0.717, 1.165) is 36.9 Å². The van der Waals surface area contributed by atoms with Crippen molar-refractivity contribution < 1.29 is 9.53 Å². The number of fused-ring (bicyclic) bond motifs is 1. The minimum absolute atomic E-state index is 0.197. The number of benzene rings is 2. The lowest BCUT2D eigenvalue weighted by Crippen LogP contribution is -2.62. The van der Waals surface area contributed by atoms with Gasteiger partial charge in [0.25, 0.3) is 0 Å². The third-order valence-corrected chi connectivity index (χ3v) is 10.4. The van der Waals surface area contributed by atoms with E-state index in [1.165, 1.54) is 87.8 Å². The molecule has 2 N–H and O–H groups in total. The Morgan fingerprint density at radius 3 is 2.70 bits per heavy atom. The largest absolute Gasteiger partial charge is 0.427 e. The first kappa shape index (κ1) is 26.3. The number of hydrogen-bond donors (Lipinski definition) is 1. The fraction of sp³-hybridized carbons (Fsp3) is 0.606. The molecule has 2 fully saturated rings. The molecule has 2 aliphatic carbocycles. The Hall–Kier alpha value is -2.33. The zero-order valence-electron chi connectivity index (χ0n) is 23.2. The van der Waals surface area contributed by atoms with Gasteiger partial charge in [0.05, 0.1) is 0 Å². The molecule has 0 radical (unpaired) electrons. The Kier molecular flexibility index (Phi) is 7.68. The van der Waals surface area contributed by atoms with Crippen molar-refractivity contribution in [3.8, 4) is 5.75 Å². The number of rotatable bonds is 9.